The normalized spacial score (nSPS) is 19.7. The number of rotatable bonds is 5. The van der Waals surface area contributed by atoms with Gasteiger partial charge in [-0.3, -0.25) is 9.59 Å². The second-order valence-electron chi connectivity index (χ2n) is 6.13. The van der Waals surface area contributed by atoms with Crippen LogP contribution in [0.4, 0.5) is 5.69 Å². The van der Waals surface area contributed by atoms with Gasteiger partial charge < -0.3 is 15.2 Å². The van der Waals surface area contributed by atoms with Crippen molar-refractivity contribution in [2.45, 2.75) is 44.6 Å². The average Bonchev–Trinajstić information content (AvgIpc) is 3.21. The van der Waals surface area contributed by atoms with Gasteiger partial charge in [-0.25, -0.2) is 4.98 Å². The molecule has 0 aromatic carbocycles. The first kappa shape index (κ1) is 15.5. The Morgan fingerprint density at radius 2 is 1.91 bits per heavy atom. The minimum absolute atomic E-state index is 0.213. The molecule has 23 heavy (non-hydrogen) atoms. The van der Waals surface area contributed by atoms with E-state index in [2.05, 4.69) is 10.3 Å². The molecule has 0 spiro atoms. The van der Waals surface area contributed by atoms with Crippen LogP contribution in [0.15, 0.2) is 30.5 Å². The molecule has 122 valence electrons. The average molecular weight is 316 g/mol. The van der Waals surface area contributed by atoms with Gasteiger partial charge in [-0.05, 0) is 44.6 Å². The number of nitrogens with one attached hydrogen (secondary N) is 1. The molecule has 0 radical (unpaired) electrons. The topological polar surface area (TPSA) is 88.5 Å². The number of allylic oxidation sites excluding steroid dienone is 2. The Kier molecular flexibility index (Phi) is 4.32. The van der Waals surface area contributed by atoms with Crippen molar-refractivity contribution in [3.8, 4) is 5.88 Å². The van der Waals surface area contributed by atoms with Crippen LogP contribution < -0.4 is 10.1 Å². The fourth-order valence-corrected chi connectivity index (χ4v) is 3.06. The highest BCUT2D eigenvalue weighted by atomic mass is 16.5. The SMILES string of the molecule is O=C(O)C1(C(=O)Nc2ccc(OC3CCCC3)nc2)CC=CC1. The molecule has 0 saturated heterocycles. The summed E-state index contributed by atoms with van der Waals surface area (Å²) in [6.07, 6.45) is 10.1. The van der Waals surface area contributed by atoms with Gasteiger partial charge in [0.25, 0.3) is 0 Å². The van der Waals surface area contributed by atoms with Gasteiger partial charge in [-0.1, -0.05) is 12.2 Å². The third kappa shape index (κ3) is 3.21. The van der Waals surface area contributed by atoms with Crippen molar-refractivity contribution in [2.75, 3.05) is 5.32 Å². The Morgan fingerprint density at radius 3 is 2.48 bits per heavy atom. The second-order valence-corrected chi connectivity index (χ2v) is 6.13. The second kappa shape index (κ2) is 6.40. The van der Waals surface area contributed by atoms with Crippen LogP contribution in [0.2, 0.25) is 0 Å². The summed E-state index contributed by atoms with van der Waals surface area (Å²) in [6, 6.07) is 3.39. The summed E-state index contributed by atoms with van der Waals surface area (Å²) < 4.78 is 5.77. The van der Waals surface area contributed by atoms with Crippen molar-refractivity contribution in [1.82, 2.24) is 4.98 Å². The summed E-state index contributed by atoms with van der Waals surface area (Å²) in [5, 5.41) is 12.0. The number of hydrogen-bond acceptors (Lipinski definition) is 4. The monoisotopic (exact) mass is 316 g/mol. The van der Waals surface area contributed by atoms with Crippen LogP contribution in [0, 0.1) is 5.41 Å². The van der Waals surface area contributed by atoms with E-state index in [0.717, 1.165) is 12.8 Å². The number of carboxylic acid groups (broad SMARTS) is 1. The van der Waals surface area contributed by atoms with E-state index in [9.17, 15) is 14.7 Å². The number of amides is 1. The zero-order valence-electron chi connectivity index (χ0n) is 12.8. The van der Waals surface area contributed by atoms with Crippen molar-refractivity contribution < 1.29 is 19.4 Å². The molecule has 0 bridgehead atoms. The maximum absolute atomic E-state index is 12.4. The molecular formula is C17H20N2O4. The van der Waals surface area contributed by atoms with Crippen molar-refractivity contribution in [3.05, 3.63) is 30.5 Å². The molecule has 0 atom stereocenters. The molecule has 6 heteroatoms. The molecule has 2 N–H and O–H groups in total. The largest absolute Gasteiger partial charge is 0.480 e. The van der Waals surface area contributed by atoms with Gasteiger partial charge in [0.05, 0.1) is 11.9 Å². The van der Waals surface area contributed by atoms with Crippen LogP contribution >= 0.6 is 0 Å². The molecule has 1 fully saturated rings. The fourth-order valence-electron chi connectivity index (χ4n) is 3.06. The third-order valence-corrected chi connectivity index (χ3v) is 4.53. The van der Waals surface area contributed by atoms with E-state index in [1.807, 2.05) is 0 Å². The van der Waals surface area contributed by atoms with Crippen molar-refractivity contribution in [3.63, 3.8) is 0 Å². The maximum atomic E-state index is 12.4. The number of carboxylic acids is 1. The fraction of sp³-hybridized carbons (Fsp3) is 0.471. The van der Waals surface area contributed by atoms with E-state index in [4.69, 9.17) is 4.74 Å². The molecule has 3 rings (SSSR count). The molecular weight excluding hydrogens is 296 g/mol. The minimum Gasteiger partial charge on any atom is -0.480 e. The van der Waals surface area contributed by atoms with Crippen LogP contribution in [0.1, 0.15) is 38.5 Å². The Hall–Kier alpha value is -2.37. The number of carbonyl (C=O) groups is 2. The number of aromatic nitrogens is 1. The lowest BCUT2D eigenvalue weighted by Gasteiger charge is -2.22. The summed E-state index contributed by atoms with van der Waals surface area (Å²) in [6.45, 7) is 0. The summed E-state index contributed by atoms with van der Waals surface area (Å²) in [5.74, 6) is -1.08. The number of hydrogen-bond donors (Lipinski definition) is 2. The van der Waals surface area contributed by atoms with Gasteiger partial charge in [0.1, 0.15) is 6.10 Å². The highest BCUT2D eigenvalue weighted by molar-refractivity contribution is 6.09. The lowest BCUT2D eigenvalue weighted by atomic mass is 9.84. The van der Waals surface area contributed by atoms with Crippen LogP contribution in [0.3, 0.4) is 0 Å². The highest BCUT2D eigenvalue weighted by Gasteiger charge is 2.46. The van der Waals surface area contributed by atoms with Crippen molar-refractivity contribution in [2.24, 2.45) is 5.41 Å². The number of anilines is 1. The van der Waals surface area contributed by atoms with Crippen LogP contribution in [-0.2, 0) is 9.59 Å². The van der Waals surface area contributed by atoms with E-state index >= 15 is 0 Å². The van der Waals surface area contributed by atoms with Gasteiger partial charge in [0.15, 0.2) is 5.41 Å². The van der Waals surface area contributed by atoms with Crippen LogP contribution in [0.5, 0.6) is 5.88 Å². The van der Waals surface area contributed by atoms with Gasteiger partial charge in [0, 0.05) is 6.07 Å². The number of ether oxygens (including phenoxy) is 1. The molecule has 1 amide bonds. The first-order chi connectivity index (χ1) is 11.1. The van der Waals surface area contributed by atoms with Gasteiger partial charge in [-0.2, -0.15) is 0 Å². The third-order valence-electron chi connectivity index (χ3n) is 4.53. The standard InChI is InChI=1S/C17H20N2O4/c20-15(17(16(21)22)9-3-4-10-17)19-12-7-8-14(18-11-12)23-13-5-1-2-6-13/h3-4,7-8,11,13H,1-2,5-6,9-10H2,(H,19,20)(H,21,22). The van der Waals surface area contributed by atoms with Gasteiger partial charge in [-0.15, -0.1) is 0 Å². The number of carbonyl (C=O) groups excluding carboxylic acids is 1. The van der Waals surface area contributed by atoms with Crippen molar-refractivity contribution in [1.29, 1.82) is 0 Å². The molecule has 6 nitrogen and oxygen atoms in total. The Morgan fingerprint density at radius 1 is 1.22 bits per heavy atom. The molecule has 0 aliphatic heterocycles. The Labute approximate surface area is 134 Å². The van der Waals surface area contributed by atoms with E-state index < -0.39 is 17.3 Å². The summed E-state index contributed by atoms with van der Waals surface area (Å²) >= 11 is 0. The van der Waals surface area contributed by atoms with E-state index in [-0.39, 0.29) is 18.9 Å². The summed E-state index contributed by atoms with van der Waals surface area (Å²) in [5.41, 5.74) is -0.930. The van der Waals surface area contributed by atoms with E-state index in [0.29, 0.717) is 11.6 Å². The first-order valence-corrected chi connectivity index (χ1v) is 7.93. The zero-order chi connectivity index (χ0) is 16.3. The lowest BCUT2D eigenvalue weighted by Crippen LogP contribution is -2.41. The zero-order valence-corrected chi connectivity index (χ0v) is 12.8. The number of aliphatic carboxylic acids is 1. The lowest BCUT2D eigenvalue weighted by molar-refractivity contribution is -0.153. The van der Waals surface area contributed by atoms with Crippen LogP contribution in [-0.4, -0.2) is 28.1 Å². The number of pyridine rings is 1. The smallest absolute Gasteiger partial charge is 0.319 e. The summed E-state index contributed by atoms with van der Waals surface area (Å²) in [7, 11) is 0. The molecule has 1 saturated carbocycles. The highest BCUT2D eigenvalue weighted by Crippen LogP contribution is 2.35. The van der Waals surface area contributed by atoms with Gasteiger partial charge in [0.2, 0.25) is 11.8 Å². The van der Waals surface area contributed by atoms with E-state index in [1.165, 1.54) is 19.0 Å². The molecule has 1 aromatic rings. The quantitative estimate of drug-likeness (QED) is 0.644. The minimum atomic E-state index is -1.40. The van der Waals surface area contributed by atoms with Crippen molar-refractivity contribution >= 4 is 17.6 Å². The molecule has 2 aliphatic carbocycles. The predicted molar refractivity (Wildman–Crippen MR) is 84.2 cm³/mol. The summed E-state index contributed by atoms with van der Waals surface area (Å²) in [4.78, 5) is 28.0. The number of nitrogens with zero attached hydrogens (tertiary/aromatic N) is 1. The maximum Gasteiger partial charge on any atom is 0.319 e. The molecule has 1 heterocycles. The predicted octanol–water partition coefficient (Wildman–Crippen LogP) is 2.76. The molecule has 0 unspecified atom stereocenters. The molecule has 1 aromatic heterocycles. The molecule has 2 aliphatic rings. The Balaban J connectivity index is 1.63. The van der Waals surface area contributed by atoms with Gasteiger partial charge >= 0.3 is 5.97 Å². The first-order valence-electron chi connectivity index (χ1n) is 7.93. The van der Waals surface area contributed by atoms with E-state index in [1.54, 1.807) is 24.3 Å². The van der Waals surface area contributed by atoms with Crippen LogP contribution in [0.25, 0.3) is 0 Å². The Bertz CT molecular complexity index is 610.